The van der Waals surface area contributed by atoms with Crippen molar-refractivity contribution in [3.8, 4) is 0 Å². The number of carbonyl (C=O) groups excluding carboxylic acids is 3. The summed E-state index contributed by atoms with van der Waals surface area (Å²) in [5.74, 6) is -0.859. The van der Waals surface area contributed by atoms with Gasteiger partial charge in [0.15, 0.2) is 0 Å². The fourth-order valence-corrected chi connectivity index (χ4v) is 2.79. The summed E-state index contributed by atoms with van der Waals surface area (Å²) in [6.45, 7) is 1.98. The Morgan fingerprint density at radius 3 is 2.08 bits per heavy atom. The SMILES string of the molecule is C[C@@H](NC(=O)CCN1C(=O)c2ccccc2C1=O)c1ccccc1. The lowest BCUT2D eigenvalue weighted by molar-refractivity contribution is -0.121. The molecule has 3 amide bonds. The van der Waals surface area contributed by atoms with Gasteiger partial charge in [-0.1, -0.05) is 42.5 Å². The minimum atomic E-state index is -0.334. The second-order valence-electron chi connectivity index (χ2n) is 5.76. The Morgan fingerprint density at radius 1 is 0.958 bits per heavy atom. The Hall–Kier alpha value is -2.95. The van der Waals surface area contributed by atoms with E-state index >= 15 is 0 Å². The molecule has 1 N–H and O–H groups in total. The van der Waals surface area contributed by atoms with Crippen LogP contribution in [0.3, 0.4) is 0 Å². The first-order valence-electron chi connectivity index (χ1n) is 7.87. The van der Waals surface area contributed by atoms with Gasteiger partial charge < -0.3 is 5.32 Å². The average molecular weight is 322 g/mol. The lowest BCUT2D eigenvalue weighted by Crippen LogP contribution is -2.35. The monoisotopic (exact) mass is 322 g/mol. The van der Waals surface area contributed by atoms with Crippen LogP contribution in [0.4, 0.5) is 0 Å². The van der Waals surface area contributed by atoms with E-state index in [1.807, 2.05) is 37.3 Å². The van der Waals surface area contributed by atoms with Gasteiger partial charge in [-0.25, -0.2) is 0 Å². The summed E-state index contributed by atoms with van der Waals surface area (Å²) in [5.41, 5.74) is 1.81. The molecule has 2 aromatic carbocycles. The number of nitrogens with one attached hydrogen (secondary N) is 1. The zero-order chi connectivity index (χ0) is 17.1. The highest BCUT2D eigenvalue weighted by Crippen LogP contribution is 2.22. The molecule has 0 radical (unpaired) electrons. The number of rotatable bonds is 5. The summed E-state index contributed by atoms with van der Waals surface area (Å²) >= 11 is 0. The van der Waals surface area contributed by atoms with Gasteiger partial charge in [0, 0.05) is 13.0 Å². The van der Waals surface area contributed by atoms with Crippen LogP contribution in [-0.4, -0.2) is 29.2 Å². The van der Waals surface area contributed by atoms with Crippen LogP contribution < -0.4 is 5.32 Å². The van der Waals surface area contributed by atoms with E-state index in [1.165, 1.54) is 0 Å². The fourth-order valence-electron chi connectivity index (χ4n) is 2.79. The van der Waals surface area contributed by atoms with Crippen LogP contribution in [0.1, 0.15) is 45.7 Å². The predicted molar refractivity (Wildman–Crippen MR) is 89.4 cm³/mol. The molecule has 0 unspecified atom stereocenters. The molecule has 1 aliphatic rings. The van der Waals surface area contributed by atoms with Crippen molar-refractivity contribution < 1.29 is 14.4 Å². The quantitative estimate of drug-likeness (QED) is 0.860. The van der Waals surface area contributed by atoms with Gasteiger partial charge in [-0.2, -0.15) is 0 Å². The summed E-state index contributed by atoms with van der Waals surface area (Å²) in [6, 6.07) is 16.2. The maximum atomic E-state index is 12.2. The lowest BCUT2D eigenvalue weighted by atomic mass is 10.1. The van der Waals surface area contributed by atoms with E-state index < -0.39 is 0 Å². The zero-order valence-electron chi connectivity index (χ0n) is 13.4. The summed E-state index contributed by atoms with van der Waals surface area (Å²) in [7, 11) is 0. The fraction of sp³-hybridized carbons (Fsp3) is 0.211. The number of imide groups is 1. The second kappa shape index (κ2) is 6.66. The molecule has 3 rings (SSSR count). The summed E-state index contributed by atoms with van der Waals surface area (Å²) in [4.78, 5) is 37.7. The predicted octanol–water partition coefficient (Wildman–Crippen LogP) is 2.55. The van der Waals surface area contributed by atoms with Crippen molar-refractivity contribution in [2.45, 2.75) is 19.4 Å². The molecule has 24 heavy (non-hydrogen) atoms. The van der Waals surface area contributed by atoms with Gasteiger partial charge in [0.25, 0.3) is 11.8 Å². The molecular formula is C19H18N2O3. The zero-order valence-corrected chi connectivity index (χ0v) is 13.4. The van der Waals surface area contributed by atoms with Gasteiger partial charge in [-0.05, 0) is 24.6 Å². The molecule has 5 nitrogen and oxygen atoms in total. The van der Waals surface area contributed by atoms with Gasteiger partial charge in [0.2, 0.25) is 5.91 Å². The van der Waals surface area contributed by atoms with E-state index in [2.05, 4.69) is 5.32 Å². The van der Waals surface area contributed by atoms with E-state index in [9.17, 15) is 14.4 Å². The van der Waals surface area contributed by atoms with Crippen molar-refractivity contribution in [2.75, 3.05) is 6.54 Å². The van der Waals surface area contributed by atoms with Crippen molar-refractivity contribution in [1.82, 2.24) is 10.2 Å². The number of hydrogen-bond acceptors (Lipinski definition) is 3. The number of carbonyl (C=O) groups is 3. The number of fused-ring (bicyclic) bond motifs is 1. The smallest absolute Gasteiger partial charge is 0.261 e. The highest BCUT2D eigenvalue weighted by molar-refractivity contribution is 6.21. The highest BCUT2D eigenvalue weighted by atomic mass is 16.2. The summed E-state index contributed by atoms with van der Waals surface area (Å²) < 4.78 is 0. The number of nitrogens with zero attached hydrogens (tertiary/aromatic N) is 1. The highest BCUT2D eigenvalue weighted by Gasteiger charge is 2.34. The third-order valence-electron chi connectivity index (χ3n) is 4.12. The van der Waals surface area contributed by atoms with Crippen molar-refractivity contribution >= 4 is 17.7 Å². The van der Waals surface area contributed by atoms with Crippen LogP contribution in [0, 0.1) is 0 Å². The lowest BCUT2D eigenvalue weighted by Gasteiger charge is -2.16. The van der Waals surface area contributed by atoms with Crippen molar-refractivity contribution in [1.29, 1.82) is 0 Å². The topological polar surface area (TPSA) is 66.5 Å². The van der Waals surface area contributed by atoms with Crippen LogP contribution in [-0.2, 0) is 4.79 Å². The Morgan fingerprint density at radius 2 is 1.50 bits per heavy atom. The van der Waals surface area contributed by atoms with Crippen LogP contribution in [0.15, 0.2) is 54.6 Å². The molecule has 5 heteroatoms. The van der Waals surface area contributed by atoms with E-state index in [-0.39, 0.29) is 36.7 Å². The second-order valence-corrected chi connectivity index (χ2v) is 5.76. The Bertz CT molecular complexity index is 751. The van der Waals surface area contributed by atoms with Gasteiger partial charge >= 0.3 is 0 Å². The normalized spacial score (nSPS) is 14.5. The van der Waals surface area contributed by atoms with Crippen molar-refractivity contribution in [2.24, 2.45) is 0 Å². The Balaban J connectivity index is 1.58. The van der Waals surface area contributed by atoms with E-state index in [1.54, 1.807) is 24.3 Å². The van der Waals surface area contributed by atoms with E-state index in [0.717, 1.165) is 10.5 Å². The molecule has 1 atom stereocenters. The van der Waals surface area contributed by atoms with Crippen LogP contribution in [0.2, 0.25) is 0 Å². The molecule has 0 aromatic heterocycles. The molecule has 0 saturated carbocycles. The van der Waals surface area contributed by atoms with Crippen LogP contribution in [0.5, 0.6) is 0 Å². The maximum Gasteiger partial charge on any atom is 0.261 e. The minimum absolute atomic E-state index is 0.0830. The molecular weight excluding hydrogens is 304 g/mol. The van der Waals surface area contributed by atoms with Crippen LogP contribution >= 0.6 is 0 Å². The number of hydrogen-bond donors (Lipinski definition) is 1. The molecule has 1 aliphatic heterocycles. The van der Waals surface area contributed by atoms with Gasteiger partial charge in [-0.3, -0.25) is 19.3 Å². The van der Waals surface area contributed by atoms with E-state index in [0.29, 0.717) is 11.1 Å². The molecule has 0 saturated heterocycles. The molecule has 122 valence electrons. The first-order valence-corrected chi connectivity index (χ1v) is 7.87. The average Bonchev–Trinajstić information content (AvgIpc) is 2.85. The molecule has 0 aliphatic carbocycles. The third-order valence-corrected chi connectivity index (χ3v) is 4.12. The number of amides is 3. The molecule has 0 fully saturated rings. The molecule has 2 aromatic rings. The van der Waals surface area contributed by atoms with Gasteiger partial charge in [-0.15, -0.1) is 0 Å². The summed E-state index contributed by atoms with van der Waals surface area (Å²) in [6.07, 6.45) is 0.0860. The standard InChI is InChI=1S/C19H18N2O3/c1-13(14-7-3-2-4-8-14)20-17(22)11-12-21-18(23)15-9-5-6-10-16(15)19(21)24/h2-10,13H,11-12H2,1H3,(H,20,22)/t13-/m1/s1. The number of benzene rings is 2. The molecule has 0 bridgehead atoms. The maximum absolute atomic E-state index is 12.2. The molecule has 1 heterocycles. The van der Waals surface area contributed by atoms with E-state index in [4.69, 9.17) is 0 Å². The van der Waals surface area contributed by atoms with Gasteiger partial charge in [0.1, 0.15) is 0 Å². The first kappa shape index (κ1) is 15.9. The first-order chi connectivity index (χ1) is 11.6. The molecule has 0 spiro atoms. The summed E-state index contributed by atoms with van der Waals surface area (Å²) in [5, 5.41) is 2.88. The Labute approximate surface area is 140 Å². The van der Waals surface area contributed by atoms with Crippen molar-refractivity contribution in [3.05, 3.63) is 71.3 Å². The minimum Gasteiger partial charge on any atom is -0.350 e. The third kappa shape index (κ3) is 3.06. The largest absolute Gasteiger partial charge is 0.350 e. The van der Waals surface area contributed by atoms with Crippen molar-refractivity contribution in [3.63, 3.8) is 0 Å². The van der Waals surface area contributed by atoms with Crippen LogP contribution in [0.25, 0.3) is 0 Å². The Kier molecular flexibility index (Phi) is 4.42. The van der Waals surface area contributed by atoms with Gasteiger partial charge in [0.05, 0.1) is 17.2 Å².